The summed E-state index contributed by atoms with van der Waals surface area (Å²) >= 11 is 1.88. The number of pyridine rings is 1. The normalized spacial score (nSPS) is 12.1. The van der Waals surface area contributed by atoms with Crippen molar-refractivity contribution in [3.05, 3.63) is 69.6 Å². The van der Waals surface area contributed by atoms with Crippen molar-refractivity contribution in [2.24, 2.45) is 5.73 Å². The van der Waals surface area contributed by atoms with Crippen LogP contribution >= 0.6 is 22.7 Å². The lowest BCUT2D eigenvalue weighted by molar-refractivity contribution is -0.142. The van der Waals surface area contributed by atoms with E-state index in [4.69, 9.17) is 5.73 Å². The number of amides is 2. The van der Waals surface area contributed by atoms with Crippen molar-refractivity contribution in [3.63, 3.8) is 0 Å². The summed E-state index contributed by atoms with van der Waals surface area (Å²) in [4.78, 5) is 34.5. The topological polar surface area (TPSA) is 133 Å². The van der Waals surface area contributed by atoms with Gasteiger partial charge < -0.3 is 11.1 Å². The highest BCUT2D eigenvalue weighted by Crippen LogP contribution is 2.43. The van der Waals surface area contributed by atoms with Gasteiger partial charge in [-0.3, -0.25) is 14.3 Å². The molecular formula is C27H19F5N8O2S2. The fourth-order valence-corrected chi connectivity index (χ4v) is 6.39. The van der Waals surface area contributed by atoms with E-state index < -0.39 is 41.5 Å². The fraction of sp³-hybridized carbons (Fsp3) is 0.185. The van der Waals surface area contributed by atoms with Gasteiger partial charge in [0.15, 0.2) is 17.0 Å². The molecule has 0 aromatic carbocycles. The van der Waals surface area contributed by atoms with Gasteiger partial charge in [-0.15, -0.1) is 22.7 Å². The van der Waals surface area contributed by atoms with E-state index in [0.29, 0.717) is 38.5 Å². The van der Waals surface area contributed by atoms with Crippen LogP contribution in [0.15, 0.2) is 41.9 Å². The first-order chi connectivity index (χ1) is 20.8. The van der Waals surface area contributed by atoms with Gasteiger partial charge >= 0.3 is 6.18 Å². The van der Waals surface area contributed by atoms with Crippen LogP contribution < -0.4 is 11.1 Å². The van der Waals surface area contributed by atoms with Crippen LogP contribution in [0.4, 0.5) is 27.6 Å². The van der Waals surface area contributed by atoms with Crippen LogP contribution in [0.5, 0.6) is 0 Å². The van der Waals surface area contributed by atoms with E-state index in [1.807, 2.05) is 6.92 Å². The van der Waals surface area contributed by atoms with Crippen molar-refractivity contribution in [1.82, 2.24) is 29.4 Å². The summed E-state index contributed by atoms with van der Waals surface area (Å²) in [6, 6.07) is 6.32. The van der Waals surface area contributed by atoms with Crippen LogP contribution in [0.1, 0.15) is 50.6 Å². The molecule has 0 fully saturated rings. The summed E-state index contributed by atoms with van der Waals surface area (Å²) in [6.45, 7) is 3.98. The number of primary amides is 1. The molecule has 6 rings (SSSR count). The molecule has 0 radical (unpaired) electrons. The standard InChI is InChI=1S/C27H19F5N8O2S2/c1-3-39-10-13(11(2)37-39)12-7-15(23(28)29)35-26-20(12)21(22(44-26)24(33)41)36-25(42)16-9-19-34-14(17-5-4-6-43-17)8-18(27(30,31)32)40(19)38-16/h4-10,23H,3H2,1-2H3,(H2,33,41)(H,36,42). The minimum atomic E-state index is -4.83. The van der Waals surface area contributed by atoms with E-state index in [1.54, 1.807) is 35.3 Å². The largest absolute Gasteiger partial charge is 0.433 e. The number of anilines is 1. The molecule has 6 aromatic heterocycles. The van der Waals surface area contributed by atoms with Crippen molar-refractivity contribution in [2.75, 3.05) is 5.32 Å². The molecule has 6 heterocycles. The number of aromatic nitrogens is 6. The van der Waals surface area contributed by atoms with E-state index in [1.165, 1.54) is 11.3 Å². The van der Waals surface area contributed by atoms with Crippen molar-refractivity contribution < 1.29 is 31.5 Å². The first kappa shape index (κ1) is 29.3. The number of thiophene rings is 2. The van der Waals surface area contributed by atoms with E-state index in [0.717, 1.165) is 18.2 Å². The number of alkyl halides is 5. The van der Waals surface area contributed by atoms with Crippen LogP contribution in [0.25, 0.3) is 37.6 Å². The Hall–Kier alpha value is -4.77. The molecule has 2 amide bonds. The van der Waals surface area contributed by atoms with Crippen molar-refractivity contribution in [1.29, 1.82) is 0 Å². The Balaban J connectivity index is 1.51. The molecule has 44 heavy (non-hydrogen) atoms. The van der Waals surface area contributed by atoms with Gasteiger partial charge in [0.1, 0.15) is 15.4 Å². The SMILES string of the molecule is CCn1cc(-c2cc(C(F)F)nc3sc(C(N)=O)c(NC(=O)c4cc5nc(-c6cccs6)cc(C(F)(F)F)n5n4)c23)c(C)n1. The molecule has 10 nitrogen and oxygen atoms in total. The zero-order chi connectivity index (χ0) is 31.5. The van der Waals surface area contributed by atoms with E-state index >= 15 is 0 Å². The molecule has 0 spiro atoms. The Kier molecular flexibility index (Phi) is 7.16. The molecule has 0 saturated carbocycles. The molecule has 0 aliphatic carbocycles. The molecule has 0 aliphatic heterocycles. The highest BCUT2D eigenvalue weighted by atomic mass is 32.1. The summed E-state index contributed by atoms with van der Waals surface area (Å²) in [6.07, 6.45) is -6.16. The van der Waals surface area contributed by atoms with Crippen LogP contribution in [0.3, 0.4) is 0 Å². The van der Waals surface area contributed by atoms with Crippen molar-refractivity contribution in [3.8, 4) is 21.7 Å². The Morgan fingerprint density at radius 2 is 1.89 bits per heavy atom. The second-order valence-electron chi connectivity index (χ2n) is 9.49. The van der Waals surface area contributed by atoms with Crippen LogP contribution in [-0.4, -0.2) is 41.2 Å². The lowest BCUT2D eigenvalue weighted by Crippen LogP contribution is -2.18. The molecule has 0 unspecified atom stereocenters. The molecule has 0 atom stereocenters. The third-order valence-corrected chi connectivity index (χ3v) is 8.64. The van der Waals surface area contributed by atoms with Gasteiger partial charge in [0.05, 0.1) is 22.0 Å². The minimum Gasteiger partial charge on any atom is -0.365 e. The lowest BCUT2D eigenvalue weighted by atomic mass is 10.0. The predicted octanol–water partition coefficient (Wildman–Crippen LogP) is 6.57. The molecule has 0 bridgehead atoms. The number of halogens is 5. The molecule has 0 saturated heterocycles. The van der Waals surface area contributed by atoms with Gasteiger partial charge in [-0.05, 0) is 43.0 Å². The van der Waals surface area contributed by atoms with E-state index in [9.17, 15) is 31.5 Å². The molecule has 3 N–H and O–H groups in total. The summed E-state index contributed by atoms with van der Waals surface area (Å²) < 4.78 is 71.9. The zero-order valence-electron chi connectivity index (χ0n) is 22.6. The predicted molar refractivity (Wildman–Crippen MR) is 154 cm³/mol. The summed E-state index contributed by atoms with van der Waals surface area (Å²) in [5.74, 6) is -1.97. The maximum Gasteiger partial charge on any atom is 0.433 e. The van der Waals surface area contributed by atoms with Gasteiger partial charge in [0, 0.05) is 29.8 Å². The lowest BCUT2D eigenvalue weighted by Gasteiger charge is -2.10. The molecule has 6 aromatic rings. The third-order valence-electron chi connectivity index (χ3n) is 6.65. The van der Waals surface area contributed by atoms with Gasteiger partial charge in [-0.2, -0.15) is 23.4 Å². The summed E-state index contributed by atoms with van der Waals surface area (Å²) in [7, 11) is 0. The summed E-state index contributed by atoms with van der Waals surface area (Å²) in [5.41, 5.74) is 4.21. The maximum atomic E-state index is 14.0. The van der Waals surface area contributed by atoms with E-state index in [-0.39, 0.29) is 37.7 Å². The number of hydrogen-bond acceptors (Lipinski definition) is 8. The number of nitrogens with one attached hydrogen (secondary N) is 1. The quantitative estimate of drug-likeness (QED) is 0.189. The van der Waals surface area contributed by atoms with Gasteiger partial charge in [-0.25, -0.2) is 23.3 Å². The van der Waals surface area contributed by atoms with Gasteiger partial charge in [0.25, 0.3) is 18.2 Å². The molecule has 226 valence electrons. The fourth-order valence-electron chi connectivity index (χ4n) is 4.69. The van der Waals surface area contributed by atoms with Crippen molar-refractivity contribution in [2.45, 2.75) is 33.0 Å². The van der Waals surface area contributed by atoms with E-state index in [2.05, 4.69) is 25.5 Å². The van der Waals surface area contributed by atoms with Crippen LogP contribution in [-0.2, 0) is 12.7 Å². The smallest absolute Gasteiger partial charge is 0.365 e. The van der Waals surface area contributed by atoms with Crippen LogP contribution in [0, 0.1) is 6.92 Å². The number of hydrogen-bond donors (Lipinski definition) is 2. The van der Waals surface area contributed by atoms with Gasteiger partial charge in [-0.1, -0.05) is 6.07 Å². The maximum absolute atomic E-state index is 14.0. The average Bonchev–Trinajstić information content (AvgIpc) is 3.76. The molecule has 0 aliphatic rings. The molecule has 17 heteroatoms. The number of carbonyl (C=O) groups is 2. The Morgan fingerprint density at radius 3 is 2.50 bits per heavy atom. The zero-order valence-corrected chi connectivity index (χ0v) is 24.2. The van der Waals surface area contributed by atoms with Gasteiger partial charge in [0.2, 0.25) is 0 Å². The Bertz CT molecular complexity index is 2080. The Labute approximate surface area is 252 Å². The monoisotopic (exact) mass is 646 g/mol. The number of nitrogens with two attached hydrogens (primary N) is 1. The highest BCUT2D eigenvalue weighted by Gasteiger charge is 2.36. The minimum absolute atomic E-state index is 0.0119. The highest BCUT2D eigenvalue weighted by molar-refractivity contribution is 7.21. The number of carbonyl (C=O) groups excluding carboxylic acids is 2. The first-order valence-electron chi connectivity index (χ1n) is 12.8. The summed E-state index contributed by atoms with van der Waals surface area (Å²) in [5, 5.41) is 12.6. The third kappa shape index (κ3) is 5.06. The first-order valence-corrected chi connectivity index (χ1v) is 14.5. The number of nitrogens with zero attached hydrogens (tertiary/aromatic N) is 6. The average molecular weight is 647 g/mol. The second kappa shape index (κ2) is 10.7. The van der Waals surface area contributed by atoms with Crippen molar-refractivity contribution >= 4 is 56.0 Å². The number of rotatable bonds is 7. The molecular weight excluding hydrogens is 627 g/mol. The second-order valence-corrected chi connectivity index (χ2v) is 11.4. The number of fused-ring (bicyclic) bond motifs is 2. The number of aryl methyl sites for hydroxylation is 2. The van der Waals surface area contributed by atoms with Crippen LogP contribution in [0.2, 0.25) is 0 Å². The Morgan fingerprint density at radius 1 is 1.11 bits per heavy atom.